The van der Waals surface area contributed by atoms with E-state index in [1.165, 1.54) is 6.07 Å². The minimum Gasteiger partial charge on any atom is -0.391 e. The maximum Gasteiger partial charge on any atom is 0.220 e. The van der Waals surface area contributed by atoms with Gasteiger partial charge in [-0.2, -0.15) is 0 Å². The lowest BCUT2D eigenvalue weighted by atomic mass is 9.89. The van der Waals surface area contributed by atoms with Gasteiger partial charge in [-0.15, -0.1) is 0 Å². The Morgan fingerprint density at radius 3 is 2.36 bits per heavy atom. The highest BCUT2D eigenvalue weighted by molar-refractivity contribution is 5.97. The summed E-state index contributed by atoms with van der Waals surface area (Å²) in [6.45, 7) is 5.63. The molecule has 1 unspecified atom stereocenters. The minimum absolute atomic E-state index is 0.0291. The number of rotatable bonds is 6. The van der Waals surface area contributed by atoms with Crippen LogP contribution in [0.1, 0.15) is 44.0 Å². The number of hydrogen-bond donors (Lipinski definition) is 2. The van der Waals surface area contributed by atoms with Crippen LogP contribution in [-0.2, 0) is 4.79 Å². The average molecular weight is 313 g/mol. The Kier molecular flexibility index (Phi) is 6.17. The largest absolute Gasteiger partial charge is 0.391 e. The van der Waals surface area contributed by atoms with Crippen molar-refractivity contribution in [3.8, 4) is 0 Å². The lowest BCUT2D eigenvalue weighted by Crippen LogP contribution is -2.39. The van der Waals surface area contributed by atoms with E-state index >= 15 is 0 Å². The Hall–Kier alpha value is -1.82. The third-order valence-corrected chi connectivity index (χ3v) is 3.31. The highest BCUT2D eigenvalue weighted by Gasteiger charge is 2.22. The van der Waals surface area contributed by atoms with Crippen molar-refractivity contribution in [3.05, 3.63) is 35.4 Å². The van der Waals surface area contributed by atoms with Crippen molar-refractivity contribution < 1.29 is 23.5 Å². The maximum absolute atomic E-state index is 13.0. The monoisotopic (exact) mass is 313 g/mol. The molecule has 0 aromatic heterocycles. The molecule has 22 heavy (non-hydrogen) atoms. The molecular formula is C16H21F2NO3. The van der Waals surface area contributed by atoms with E-state index in [0.29, 0.717) is 0 Å². The van der Waals surface area contributed by atoms with Crippen molar-refractivity contribution in [2.24, 2.45) is 5.41 Å². The second-order valence-electron chi connectivity index (χ2n) is 6.24. The molecule has 0 saturated carbocycles. The fourth-order valence-corrected chi connectivity index (χ4v) is 1.65. The molecule has 1 aromatic carbocycles. The van der Waals surface area contributed by atoms with E-state index in [2.05, 4.69) is 5.32 Å². The van der Waals surface area contributed by atoms with Crippen molar-refractivity contribution in [2.75, 3.05) is 6.54 Å². The molecule has 6 heteroatoms. The van der Waals surface area contributed by atoms with Crippen molar-refractivity contribution in [1.29, 1.82) is 0 Å². The molecule has 0 aliphatic heterocycles. The highest BCUT2D eigenvalue weighted by Crippen LogP contribution is 2.18. The van der Waals surface area contributed by atoms with Crippen LogP contribution in [0.4, 0.5) is 8.78 Å². The Morgan fingerprint density at radius 2 is 1.82 bits per heavy atom. The van der Waals surface area contributed by atoms with E-state index in [4.69, 9.17) is 0 Å². The van der Waals surface area contributed by atoms with Gasteiger partial charge >= 0.3 is 0 Å². The summed E-state index contributed by atoms with van der Waals surface area (Å²) >= 11 is 0. The van der Waals surface area contributed by atoms with E-state index in [1.807, 2.05) is 20.8 Å². The zero-order chi connectivity index (χ0) is 16.9. The number of hydrogen-bond acceptors (Lipinski definition) is 3. The SMILES string of the molecule is CC(C)(C)C(O)CNC(=O)CCC(=O)c1ccc(F)c(F)c1. The molecule has 0 aliphatic carbocycles. The molecule has 0 radical (unpaired) electrons. The molecule has 1 atom stereocenters. The van der Waals surface area contributed by atoms with Crippen molar-refractivity contribution in [3.63, 3.8) is 0 Å². The summed E-state index contributed by atoms with van der Waals surface area (Å²) in [4.78, 5) is 23.4. The van der Waals surface area contributed by atoms with Gasteiger partial charge in [0.15, 0.2) is 17.4 Å². The molecular weight excluding hydrogens is 292 g/mol. The lowest BCUT2D eigenvalue weighted by Gasteiger charge is -2.25. The highest BCUT2D eigenvalue weighted by atomic mass is 19.2. The fraction of sp³-hybridized carbons (Fsp3) is 0.500. The van der Waals surface area contributed by atoms with Gasteiger partial charge in [-0.25, -0.2) is 8.78 Å². The fourth-order valence-electron chi connectivity index (χ4n) is 1.65. The van der Waals surface area contributed by atoms with Gasteiger partial charge in [0.1, 0.15) is 0 Å². The Bertz CT molecular complexity index is 553. The van der Waals surface area contributed by atoms with E-state index < -0.39 is 23.5 Å². The van der Waals surface area contributed by atoms with Gasteiger partial charge in [0.25, 0.3) is 0 Å². The first-order chi connectivity index (χ1) is 10.1. The Labute approximate surface area is 128 Å². The van der Waals surface area contributed by atoms with E-state index in [1.54, 1.807) is 0 Å². The molecule has 0 heterocycles. The van der Waals surface area contributed by atoms with Crippen LogP contribution >= 0.6 is 0 Å². The number of halogens is 2. The van der Waals surface area contributed by atoms with Crippen LogP contribution in [0.25, 0.3) is 0 Å². The topological polar surface area (TPSA) is 66.4 Å². The molecule has 1 aromatic rings. The van der Waals surface area contributed by atoms with Crippen molar-refractivity contribution in [2.45, 2.75) is 39.7 Å². The van der Waals surface area contributed by atoms with E-state index in [-0.39, 0.29) is 36.3 Å². The van der Waals surface area contributed by atoms with Crippen LogP contribution in [0.2, 0.25) is 0 Å². The quantitative estimate of drug-likeness (QED) is 0.793. The minimum atomic E-state index is -1.09. The van der Waals surface area contributed by atoms with Gasteiger partial charge in [0.2, 0.25) is 5.91 Å². The standard InChI is InChI=1S/C16H21F2NO3/c1-16(2,3)14(21)9-19-15(22)7-6-13(20)10-4-5-11(17)12(18)8-10/h4-5,8,14,21H,6-7,9H2,1-3H3,(H,19,22). The van der Waals surface area contributed by atoms with Crippen LogP contribution in [0, 0.1) is 17.0 Å². The number of carbonyl (C=O) groups excluding carboxylic acids is 2. The van der Waals surface area contributed by atoms with Crippen LogP contribution in [0.3, 0.4) is 0 Å². The Balaban J connectivity index is 2.43. The number of aliphatic hydroxyl groups is 1. The van der Waals surface area contributed by atoms with Crippen LogP contribution in [0.5, 0.6) is 0 Å². The summed E-state index contributed by atoms with van der Waals surface area (Å²) in [6.07, 6.45) is -0.879. The van der Waals surface area contributed by atoms with Crippen LogP contribution in [-0.4, -0.2) is 29.4 Å². The van der Waals surface area contributed by atoms with Gasteiger partial charge in [-0.3, -0.25) is 9.59 Å². The summed E-state index contributed by atoms with van der Waals surface area (Å²) in [6, 6.07) is 2.88. The second kappa shape index (κ2) is 7.45. The number of benzene rings is 1. The molecule has 0 saturated heterocycles. The van der Waals surface area contributed by atoms with Gasteiger partial charge in [0, 0.05) is 24.9 Å². The normalized spacial score (nSPS) is 12.8. The second-order valence-corrected chi connectivity index (χ2v) is 6.24. The predicted octanol–water partition coefficient (Wildman–Crippen LogP) is 2.45. The molecule has 0 spiro atoms. The van der Waals surface area contributed by atoms with E-state index in [0.717, 1.165) is 12.1 Å². The number of Topliss-reactive ketones (excluding diaryl/α,β-unsaturated/α-hetero) is 1. The first-order valence-corrected chi connectivity index (χ1v) is 7.04. The maximum atomic E-state index is 13.0. The van der Waals surface area contributed by atoms with Crippen molar-refractivity contribution >= 4 is 11.7 Å². The van der Waals surface area contributed by atoms with Gasteiger partial charge in [0.05, 0.1) is 6.10 Å². The summed E-state index contributed by atoms with van der Waals surface area (Å²) in [5, 5.41) is 12.3. The third kappa shape index (κ3) is 5.52. The molecule has 1 amide bonds. The van der Waals surface area contributed by atoms with Gasteiger partial charge < -0.3 is 10.4 Å². The van der Waals surface area contributed by atoms with Crippen LogP contribution in [0.15, 0.2) is 18.2 Å². The molecule has 0 bridgehead atoms. The van der Waals surface area contributed by atoms with Crippen LogP contribution < -0.4 is 5.32 Å². The van der Waals surface area contributed by atoms with Gasteiger partial charge in [-0.05, 0) is 23.6 Å². The number of amides is 1. The number of ketones is 1. The number of carbonyl (C=O) groups is 2. The third-order valence-electron chi connectivity index (χ3n) is 3.31. The summed E-state index contributed by atoms with van der Waals surface area (Å²) in [5.41, 5.74) is -0.323. The molecule has 4 nitrogen and oxygen atoms in total. The number of aliphatic hydroxyl groups excluding tert-OH is 1. The van der Waals surface area contributed by atoms with Gasteiger partial charge in [-0.1, -0.05) is 20.8 Å². The summed E-state index contributed by atoms with van der Waals surface area (Å²) < 4.78 is 25.8. The molecule has 1 rings (SSSR count). The number of nitrogens with one attached hydrogen (secondary N) is 1. The lowest BCUT2D eigenvalue weighted by molar-refractivity contribution is -0.121. The first kappa shape index (κ1) is 18.2. The smallest absolute Gasteiger partial charge is 0.220 e. The molecule has 122 valence electrons. The zero-order valence-electron chi connectivity index (χ0n) is 13.0. The summed E-state index contributed by atoms with van der Waals surface area (Å²) in [5.74, 6) is -2.93. The summed E-state index contributed by atoms with van der Waals surface area (Å²) in [7, 11) is 0. The van der Waals surface area contributed by atoms with Crippen molar-refractivity contribution in [1.82, 2.24) is 5.32 Å². The average Bonchev–Trinajstić information content (AvgIpc) is 2.43. The first-order valence-electron chi connectivity index (χ1n) is 7.04. The molecule has 0 aliphatic rings. The van der Waals surface area contributed by atoms with E-state index in [9.17, 15) is 23.5 Å². The predicted molar refractivity (Wildman–Crippen MR) is 78.4 cm³/mol. The molecule has 0 fully saturated rings. The Morgan fingerprint density at radius 1 is 1.18 bits per heavy atom. The molecule has 2 N–H and O–H groups in total. The zero-order valence-corrected chi connectivity index (χ0v) is 13.0.